The zero-order valence-electron chi connectivity index (χ0n) is 19.7. The number of hydrogen-bond acceptors (Lipinski definition) is 5. The van der Waals surface area contributed by atoms with Gasteiger partial charge in [-0.25, -0.2) is 4.79 Å². The summed E-state index contributed by atoms with van der Waals surface area (Å²) in [6.45, 7) is 2.21. The Morgan fingerprint density at radius 1 is 1.03 bits per heavy atom. The van der Waals surface area contributed by atoms with Gasteiger partial charge in [0.1, 0.15) is 5.75 Å². The highest BCUT2D eigenvalue weighted by atomic mass is 16.5. The molecule has 0 bridgehead atoms. The minimum atomic E-state index is -2.02. The average molecular weight is 470 g/mol. The molecule has 1 aliphatic rings. The number of esters is 1. The minimum Gasteiger partial charge on any atom is -0.497 e. The van der Waals surface area contributed by atoms with Gasteiger partial charge in [-0.15, -0.1) is 5.73 Å². The first kappa shape index (κ1) is 24.0. The summed E-state index contributed by atoms with van der Waals surface area (Å²) in [7, 11) is 1.52. The number of aliphatic hydroxyl groups is 1. The van der Waals surface area contributed by atoms with E-state index in [4.69, 9.17) is 9.47 Å². The van der Waals surface area contributed by atoms with Crippen molar-refractivity contribution in [3.8, 4) is 5.75 Å². The van der Waals surface area contributed by atoms with E-state index in [2.05, 4.69) is 5.73 Å². The molecule has 0 spiro atoms. The molecule has 1 heterocycles. The highest BCUT2D eigenvalue weighted by Crippen LogP contribution is 2.43. The van der Waals surface area contributed by atoms with Crippen molar-refractivity contribution in [3.05, 3.63) is 113 Å². The number of amides is 1. The van der Waals surface area contributed by atoms with Crippen LogP contribution in [0.1, 0.15) is 23.6 Å². The fraction of sp³-hybridized carbons (Fsp3) is 0.207. The maximum atomic E-state index is 13.6. The number of hydrogen-bond donors (Lipinski definition) is 1. The Morgan fingerprint density at radius 3 is 2.31 bits per heavy atom. The van der Waals surface area contributed by atoms with E-state index >= 15 is 0 Å². The predicted molar refractivity (Wildman–Crippen MR) is 133 cm³/mol. The van der Waals surface area contributed by atoms with Gasteiger partial charge in [-0.05, 0) is 36.2 Å². The van der Waals surface area contributed by atoms with E-state index in [0.717, 1.165) is 11.1 Å². The molecule has 1 N–H and O–H groups in total. The summed E-state index contributed by atoms with van der Waals surface area (Å²) < 4.78 is 10.5. The molecule has 0 fully saturated rings. The highest BCUT2D eigenvalue weighted by molar-refractivity contribution is 6.08. The van der Waals surface area contributed by atoms with Gasteiger partial charge in [0.05, 0.1) is 31.5 Å². The summed E-state index contributed by atoms with van der Waals surface area (Å²) in [4.78, 5) is 27.8. The Bertz CT molecular complexity index is 1280. The number of carbonyl (C=O) groups excluding carboxylic acids is 2. The summed E-state index contributed by atoms with van der Waals surface area (Å²) in [6, 6.07) is 24.1. The van der Waals surface area contributed by atoms with E-state index < -0.39 is 17.5 Å². The van der Waals surface area contributed by atoms with Crippen LogP contribution in [0.25, 0.3) is 0 Å². The van der Waals surface area contributed by atoms with Crippen molar-refractivity contribution in [2.24, 2.45) is 0 Å². The lowest BCUT2D eigenvalue weighted by atomic mass is 9.94. The number of methoxy groups -OCH3 is 1. The van der Waals surface area contributed by atoms with Gasteiger partial charge in [0.25, 0.3) is 5.91 Å². The van der Waals surface area contributed by atoms with Crippen molar-refractivity contribution in [1.82, 2.24) is 0 Å². The van der Waals surface area contributed by atoms with Crippen LogP contribution in [0.15, 0.2) is 96.2 Å². The molecule has 0 saturated heterocycles. The monoisotopic (exact) mass is 469 g/mol. The van der Waals surface area contributed by atoms with Crippen molar-refractivity contribution >= 4 is 17.6 Å². The van der Waals surface area contributed by atoms with Crippen LogP contribution in [0.5, 0.6) is 5.75 Å². The SMILES string of the molecule is CCOC(=O)C(=C=CC1(O)C(=O)N(Cc2ccccc2)c2ccc(OC)cc21)Cc1ccccc1. The van der Waals surface area contributed by atoms with Crippen LogP contribution in [0, 0.1) is 0 Å². The third-order valence-electron chi connectivity index (χ3n) is 5.86. The van der Waals surface area contributed by atoms with E-state index in [0.29, 0.717) is 17.0 Å². The van der Waals surface area contributed by atoms with Gasteiger partial charge in [-0.3, -0.25) is 4.79 Å². The molecule has 0 aromatic heterocycles. The molecule has 1 atom stereocenters. The summed E-state index contributed by atoms with van der Waals surface area (Å²) in [5, 5.41) is 11.7. The van der Waals surface area contributed by atoms with Crippen molar-refractivity contribution in [2.75, 3.05) is 18.6 Å². The molecule has 1 amide bonds. The van der Waals surface area contributed by atoms with Crippen molar-refractivity contribution in [3.63, 3.8) is 0 Å². The van der Waals surface area contributed by atoms with Crippen molar-refractivity contribution in [2.45, 2.75) is 25.5 Å². The lowest BCUT2D eigenvalue weighted by molar-refractivity contribution is -0.138. The summed E-state index contributed by atoms with van der Waals surface area (Å²) >= 11 is 0. The van der Waals surface area contributed by atoms with Crippen molar-refractivity contribution < 1.29 is 24.2 Å². The Morgan fingerprint density at radius 2 is 1.69 bits per heavy atom. The molecule has 178 valence electrons. The predicted octanol–water partition coefficient (Wildman–Crippen LogP) is 4.32. The number of nitrogens with zero attached hydrogens (tertiary/aromatic N) is 1. The number of carbonyl (C=O) groups is 2. The lowest BCUT2D eigenvalue weighted by Gasteiger charge is -2.20. The summed E-state index contributed by atoms with van der Waals surface area (Å²) in [6.07, 6.45) is 1.51. The number of rotatable bonds is 8. The van der Waals surface area contributed by atoms with E-state index in [9.17, 15) is 14.7 Å². The van der Waals surface area contributed by atoms with E-state index in [1.165, 1.54) is 18.1 Å². The zero-order chi connectivity index (χ0) is 24.8. The van der Waals surface area contributed by atoms with Gasteiger partial charge in [0, 0.05) is 18.1 Å². The van der Waals surface area contributed by atoms with Crippen molar-refractivity contribution in [1.29, 1.82) is 0 Å². The largest absolute Gasteiger partial charge is 0.497 e. The molecule has 6 nitrogen and oxygen atoms in total. The molecule has 1 aliphatic heterocycles. The number of ether oxygens (including phenoxy) is 2. The molecule has 3 aromatic carbocycles. The summed E-state index contributed by atoms with van der Waals surface area (Å²) in [5.74, 6) is -0.572. The van der Waals surface area contributed by atoms with Crippen LogP contribution in [0.2, 0.25) is 0 Å². The second-order valence-electron chi connectivity index (χ2n) is 8.18. The fourth-order valence-electron chi connectivity index (χ4n) is 4.07. The van der Waals surface area contributed by atoms with Crippen LogP contribution in [-0.2, 0) is 32.9 Å². The quantitative estimate of drug-likeness (QED) is 0.302. The molecular weight excluding hydrogens is 442 g/mol. The number of fused-ring (bicyclic) bond motifs is 1. The molecule has 4 rings (SSSR count). The first-order chi connectivity index (χ1) is 17.0. The Hall–Kier alpha value is -4.12. The molecule has 3 aromatic rings. The number of benzene rings is 3. The average Bonchev–Trinajstić information content (AvgIpc) is 3.09. The fourth-order valence-corrected chi connectivity index (χ4v) is 4.07. The Kier molecular flexibility index (Phi) is 7.16. The van der Waals surface area contributed by atoms with Crippen LogP contribution in [0.3, 0.4) is 0 Å². The van der Waals surface area contributed by atoms with Crippen LogP contribution < -0.4 is 9.64 Å². The standard InChI is InChI=1S/C29H27NO5/c1-3-35-27(31)23(18-21-10-6-4-7-11-21)16-17-29(33)25-19-24(34-2)14-15-26(25)30(28(29)32)20-22-12-8-5-9-13-22/h4-15,17,19,33H,3,18,20H2,1-2H3. The molecule has 35 heavy (non-hydrogen) atoms. The minimum absolute atomic E-state index is 0.201. The van der Waals surface area contributed by atoms with E-state index in [1.807, 2.05) is 60.7 Å². The zero-order valence-corrected chi connectivity index (χ0v) is 19.7. The molecule has 6 heteroatoms. The summed E-state index contributed by atoms with van der Waals surface area (Å²) in [5.41, 5.74) is 3.84. The molecule has 0 radical (unpaired) electrons. The lowest BCUT2D eigenvalue weighted by Crippen LogP contribution is -2.38. The third-order valence-corrected chi connectivity index (χ3v) is 5.86. The molecular formula is C29H27NO5. The third kappa shape index (κ3) is 5.04. The first-order valence-electron chi connectivity index (χ1n) is 11.4. The second kappa shape index (κ2) is 10.4. The maximum absolute atomic E-state index is 13.6. The number of anilines is 1. The highest BCUT2D eigenvalue weighted by Gasteiger charge is 2.48. The molecule has 1 unspecified atom stereocenters. The van der Waals surface area contributed by atoms with Gasteiger partial charge < -0.3 is 19.5 Å². The van der Waals surface area contributed by atoms with Gasteiger partial charge in [0.2, 0.25) is 0 Å². The first-order valence-corrected chi connectivity index (χ1v) is 11.4. The van der Waals surface area contributed by atoms with Crippen LogP contribution >= 0.6 is 0 Å². The van der Waals surface area contributed by atoms with Gasteiger partial charge in [0.15, 0.2) is 5.60 Å². The van der Waals surface area contributed by atoms with E-state index in [1.54, 1.807) is 25.1 Å². The Labute approximate surface area is 204 Å². The van der Waals surface area contributed by atoms with Gasteiger partial charge >= 0.3 is 5.97 Å². The van der Waals surface area contributed by atoms with Gasteiger partial charge in [-0.1, -0.05) is 60.7 Å². The van der Waals surface area contributed by atoms with E-state index in [-0.39, 0.29) is 25.1 Å². The molecule has 0 saturated carbocycles. The normalized spacial score (nSPS) is 16.3. The van der Waals surface area contributed by atoms with Crippen LogP contribution in [-0.4, -0.2) is 30.7 Å². The maximum Gasteiger partial charge on any atom is 0.342 e. The van der Waals surface area contributed by atoms with Crippen LogP contribution in [0.4, 0.5) is 5.69 Å². The Balaban J connectivity index is 1.79. The smallest absolute Gasteiger partial charge is 0.342 e. The second-order valence-corrected chi connectivity index (χ2v) is 8.18. The van der Waals surface area contributed by atoms with Gasteiger partial charge in [-0.2, -0.15) is 0 Å². The molecule has 0 aliphatic carbocycles. The topological polar surface area (TPSA) is 76.1 Å².